The molecule has 208 valence electrons. The van der Waals surface area contributed by atoms with Crippen molar-refractivity contribution in [2.45, 2.75) is 0 Å². The third-order valence-corrected chi connectivity index (χ3v) is 9.86. The first-order valence-corrected chi connectivity index (χ1v) is 15.5. The van der Waals surface area contributed by atoms with Crippen molar-refractivity contribution in [1.29, 1.82) is 0 Å². The quantitative estimate of drug-likeness (QED) is 0.181. The Morgan fingerprint density at radius 3 is 1.67 bits per heavy atom. The zero-order chi connectivity index (χ0) is 29.6. The van der Waals surface area contributed by atoms with Crippen LogP contribution in [0.3, 0.4) is 0 Å². The second-order valence-electron chi connectivity index (χ2n) is 12.1. The summed E-state index contributed by atoms with van der Waals surface area (Å²) in [6, 6.07) is 53.6. The molecule has 0 aliphatic heterocycles. The molecule has 0 heterocycles. The van der Waals surface area contributed by atoms with E-state index < -0.39 is 0 Å². The van der Waals surface area contributed by atoms with Gasteiger partial charge in [0.25, 0.3) is 0 Å². The van der Waals surface area contributed by atoms with Crippen molar-refractivity contribution in [3.63, 3.8) is 0 Å². The third-order valence-electron chi connectivity index (χ3n) is 9.86. The molecule has 0 unspecified atom stereocenters. The van der Waals surface area contributed by atoms with Crippen molar-refractivity contribution < 1.29 is 4.39 Å². The Balaban J connectivity index is 1.18. The maximum atomic E-state index is 14.7. The molecular weight excluding hydrogens is 547 g/mol. The second-order valence-corrected chi connectivity index (χ2v) is 12.1. The third kappa shape index (κ3) is 3.41. The van der Waals surface area contributed by atoms with Gasteiger partial charge in [-0.2, -0.15) is 0 Å². The summed E-state index contributed by atoms with van der Waals surface area (Å²) in [4.78, 5) is 0. The summed E-state index contributed by atoms with van der Waals surface area (Å²) in [6.45, 7) is 0. The van der Waals surface area contributed by atoms with E-state index in [1.165, 1.54) is 71.1 Å². The summed E-state index contributed by atoms with van der Waals surface area (Å²) >= 11 is 0. The molecule has 0 amide bonds. The lowest BCUT2D eigenvalue weighted by Crippen LogP contribution is -1.89. The largest absolute Gasteiger partial charge is 0.206 e. The van der Waals surface area contributed by atoms with Gasteiger partial charge in [-0.3, -0.25) is 0 Å². The van der Waals surface area contributed by atoms with E-state index >= 15 is 0 Å². The molecule has 9 aromatic carbocycles. The molecule has 1 aliphatic carbocycles. The highest BCUT2D eigenvalue weighted by atomic mass is 19.1. The fourth-order valence-electron chi connectivity index (χ4n) is 7.89. The Hall–Kier alpha value is -5.79. The highest BCUT2D eigenvalue weighted by Gasteiger charge is 2.23. The minimum absolute atomic E-state index is 0.190. The van der Waals surface area contributed by atoms with E-state index in [1.54, 1.807) is 6.07 Å². The molecule has 1 aliphatic rings. The predicted octanol–water partition coefficient (Wildman–Crippen LogP) is 12.6. The number of fused-ring (bicyclic) bond motifs is 9. The summed E-state index contributed by atoms with van der Waals surface area (Å²) < 4.78 is 14.7. The summed E-state index contributed by atoms with van der Waals surface area (Å²) in [5, 5.41) is 11.7. The van der Waals surface area contributed by atoms with E-state index in [1.807, 2.05) is 30.3 Å². The SMILES string of the molecule is Fc1ccc(-c2ccc(-c3ccc4c(ccc5cc6c7c(cccc7c54)-c4ccccc4-6)c3)c3ccccc23)c2ccccc12. The predicted molar refractivity (Wildman–Crippen MR) is 189 cm³/mol. The summed E-state index contributed by atoms with van der Waals surface area (Å²) in [6.07, 6.45) is 0. The molecule has 0 saturated carbocycles. The molecule has 0 spiro atoms. The molecule has 0 saturated heterocycles. The Kier molecular flexibility index (Phi) is 4.99. The molecule has 0 bridgehead atoms. The van der Waals surface area contributed by atoms with Crippen LogP contribution in [0.1, 0.15) is 0 Å². The minimum atomic E-state index is -0.190. The van der Waals surface area contributed by atoms with Gasteiger partial charge in [-0.1, -0.05) is 133 Å². The van der Waals surface area contributed by atoms with Crippen molar-refractivity contribution >= 4 is 53.9 Å². The van der Waals surface area contributed by atoms with Crippen molar-refractivity contribution in [2.75, 3.05) is 0 Å². The molecule has 45 heavy (non-hydrogen) atoms. The van der Waals surface area contributed by atoms with Crippen molar-refractivity contribution in [3.8, 4) is 44.5 Å². The van der Waals surface area contributed by atoms with E-state index in [2.05, 4.69) is 115 Å². The molecule has 0 radical (unpaired) electrons. The molecular formula is C44H25F. The smallest absolute Gasteiger partial charge is 0.131 e. The summed E-state index contributed by atoms with van der Waals surface area (Å²) in [5.74, 6) is -0.190. The van der Waals surface area contributed by atoms with E-state index in [9.17, 15) is 4.39 Å². The van der Waals surface area contributed by atoms with Crippen molar-refractivity contribution in [2.24, 2.45) is 0 Å². The molecule has 0 atom stereocenters. The van der Waals surface area contributed by atoms with Crippen LogP contribution in [0, 0.1) is 5.82 Å². The van der Waals surface area contributed by atoms with Crippen LogP contribution in [0.5, 0.6) is 0 Å². The van der Waals surface area contributed by atoms with Crippen LogP contribution in [0.4, 0.5) is 4.39 Å². The fraction of sp³-hybridized carbons (Fsp3) is 0. The Morgan fingerprint density at radius 1 is 0.289 bits per heavy atom. The average molecular weight is 573 g/mol. The normalized spacial score (nSPS) is 12.1. The molecule has 0 N–H and O–H groups in total. The monoisotopic (exact) mass is 572 g/mol. The van der Waals surface area contributed by atoms with Crippen molar-refractivity contribution in [1.82, 2.24) is 0 Å². The van der Waals surface area contributed by atoms with Crippen molar-refractivity contribution in [3.05, 3.63) is 157 Å². The Bertz CT molecular complexity index is 2710. The van der Waals surface area contributed by atoms with E-state index in [-0.39, 0.29) is 5.82 Å². The molecule has 10 rings (SSSR count). The van der Waals surface area contributed by atoms with Crippen LogP contribution >= 0.6 is 0 Å². The standard InChI is InChI=1S/C44H25F/c45-42-23-22-37(33-10-5-6-13-38(33)42)36-21-20-29(31-8-1-2-9-32(31)36)26-18-19-30-27(24-26)16-17-28-25-41-35-12-4-3-11-34(35)39-14-7-15-40(43(28)30)44(39)41/h1-25H. The first kappa shape index (κ1) is 24.6. The van der Waals surface area contributed by atoms with Crippen LogP contribution in [0.2, 0.25) is 0 Å². The van der Waals surface area contributed by atoms with Gasteiger partial charge < -0.3 is 0 Å². The first-order valence-electron chi connectivity index (χ1n) is 15.5. The lowest BCUT2D eigenvalue weighted by Gasteiger charge is -2.15. The first-order chi connectivity index (χ1) is 22.2. The lowest BCUT2D eigenvalue weighted by atomic mass is 9.88. The highest BCUT2D eigenvalue weighted by molar-refractivity contribution is 6.29. The van der Waals surface area contributed by atoms with Gasteiger partial charge in [0.1, 0.15) is 5.82 Å². The Morgan fingerprint density at radius 2 is 0.867 bits per heavy atom. The maximum Gasteiger partial charge on any atom is 0.131 e. The molecule has 0 nitrogen and oxygen atoms in total. The van der Waals surface area contributed by atoms with E-state index in [0.29, 0.717) is 5.39 Å². The van der Waals surface area contributed by atoms with Gasteiger partial charge in [0.2, 0.25) is 0 Å². The van der Waals surface area contributed by atoms with Gasteiger partial charge in [-0.15, -0.1) is 0 Å². The van der Waals surface area contributed by atoms with E-state index in [0.717, 1.165) is 21.9 Å². The summed E-state index contributed by atoms with van der Waals surface area (Å²) in [5.41, 5.74) is 9.85. The maximum absolute atomic E-state index is 14.7. The number of hydrogen-bond donors (Lipinski definition) is 0. The molecule has 0 fully saturated rings. The van der Waals surface area contributed by atoms with Crippen LogP contribution in [0.25, 0.3) is 98.4 Å². The van der Waals surface area contributed by atoms with Gasteiger partial charge in [0, 0.05) is 5.39 Å². The van der Waals surface area contributed by atoms with Crippen LogP contribution in [0.15, 0.2) is 152 Å². The number of halogens is 1. The van der Waals surface area contributed by atoms with Crippen LogP contribution in [-0.2, 0) is 0 Å². The van der Waals surface area contributed by atoms with Gasteiger partial charge >= 0.3 is 0 Å². The van der Waals surface area contributed by atoms with Gasteiger partial charge in [0.05, 0.1) is 0 Å². The van der Waals surface area contributed by atoms with Gasteiger partial charge in [-0.05, 0) is 111 Å². The topological polar surface area (TPSA) is 0 Å². The van der Waals surface area contributed by atoms with Crippen LogP contribution in [-0.4, -0.2) is 0 Å². The van der Waals surface area contributed by atoms with Gasteiger partial charge in [-0.25, -0.2) is 4.39 Å². The Labute approximate surface area is 259 Å². The zero-order valence-electron chi connectivity index (χ0n) is 24.3. The molecule has 9 aromatic rings. The fourth-order valence-corrected chi connectivity index (χ4v) is 7.89. The zero-order valence-corrected chi connectivity index (χ0v) is 24.3. The van der Waals surface area contributed by atoms with Gasteiger partial charge in [0.15, 0.2) is 0 Å². The number of benzene rings is 9. The number of rotatable bonds is 2. The number of hydrogen-bond acceptors (Lipinski definition) is 0. The second kappa shape index (κ2) is 9.11. The highest BCUT2D eigenvalue weighted by Crippen LogP contribution is 2.50. The average Bonchev–Trinajstić information content (AvgIpc) is 3.42. The van der Waals surface area contributed by atoms with E-state index in [4.69, 9.17) is 0 Å². The molecule has 0 aromatic heterocycles. The lowest BCUT2D eigenvalue weighted by molar-refractivity contribution is 0.640. The summed E-state index contributed by atoms with van der Waals surface area (Å²) in [7, 11) is 0. The minimum Gasteiger partial charge on any atom is -0.206 e. The van der Waals surface area contributed by atoms with Crippen LogP contribution < -0.4 is 0 Å². The molecule has 1 heteroatoms.